The molecule has 2 N–H and O–H groups in total. The minimum atomic E-state index is -0.871. The van der Waals surface area contributed by atoms with Crippen LogP contribution in [0, 0.1) is 0 Å². The first-order chi connectivity index (χ1) is 32.2. The van der Waals surface area contributed by atoms with Crippen molar-refractivity contribution in [3.05, 3.63) is 241 Å². The fraction of sp³-hybridized carbons (Fsp3) is 0.0820. The predicted octanol–water partition coefficient (Wildman–Crippen LogP) is 13.8. The van der Waals surface area contributed by atoms with Gasteiger partial charge in [0.1, 0.15) is 24.7 Å². The van der Waals surface area contributed by atoms with Crippen LogP contribution in [0.15, 0.2) is 218 Å². The van der Waals surface area contributed by atoms with Crippen molar-refractivity contribution >= 4 is 21.5 Å². The van der Waals surface area contributed by atoms with Gasteiger partial charge >= 0.3 is 0 Å². The lowest BCUT2D eigenvalue weighted by Gasteiger charge is -2.35. The van der Waals surface area contributed by atoms with Gasteiger partial charge in [0.25, 0.3) is 0 Å². The summed E-state index contributed by atoms with van der Waals surface area (Å²) in [5, 5.41) is 24.6. The Kier molecular flexibility index (Phi) is 10.5. The summed E-state index contributed by atoms with van der Waals surface area (Å²) in [4.78, 5) is 0. The summed E-state index contributed by atoms with van der Waals surface area (Å²) in [6.45, 7) is 0.159. The summed E-state index contributed by atoms with van der Waals surface area (Å²) in [5.41, 5.74) is 14.5. The molecule has 0 amide bonds. The fourth-order valence-electron chi connectivity index (χ4n) is 10.3. The maximum absolute atomic E-state index is 9.94. The second kappa shape index (κ2) is 17.1. The zero-order valence-electron chi connectivity index (χ0n) is 35.8. The third-order valence-corrected chi connectivity index (χ3v) is 13.0. The van der Waals surface area contributed by atoms with E-state index in [4.69, 9.17) is 9.47 Å². The minimum Gasteiger partial charge on any atom is -0.491 e. The van der Waals surface area contributed by atoms with Crippen LogP contribution in [-0.4, -0.2) is 36.6 Å². The number of fused-ring (bicyclic) bond motifs is 5. The quantitative estimate of drug-likeness (QED) is 0.129. The lowest BCUT2D eigenvalue weighted by molar-refractivity contribution is 0.202. The highest BCUT2D eigenvalue weighted by atomic mass is 16.5. The van der Waals surface area contributed by atoms with Crippen molar-refractivity contribution in [1.29, 1.82) is 0 Å². The van der Waals surface area contributed by atoms with Crippen molar-refractivity contribution in [2.75, 3.05) is 26.4 Å². The van der Waals surface area contributed by atoms with Crippen LogP contribution < -0.4 is 9.47 Å². The molecule has 0 unspecified atom stereocenters. The minimum absolute atomic E-state index is 0.0957. The molecule has 10 aromatic rings. The summed E-state index contributed by atoms with van der Waals surface area (Å²) in [5.74, 6) is 1.41. The molecule has 0 saturated carbocycles. The van der Waals surface area contributed by atoms with Crippen molar-refractivity contribution in [2.24, 2.45) is 0 Å². The molecule has 4 heteroatoms. The van der Waals surface area contributed by atoms with Crippen LogP contribution in [0.25, 0.3) is 77.2 Å². The Morgan fingerprint density at radius 2 is 0.723 bits per heavy atom. The summed E-state index contributed by atoms with van der Waals surface area (Å²) in [7, 11) is 0. The average Bonchev–Trinajstić information content (AvgIpc) is 3.69. The largest absolute Gasteiger partial charge is 0.491 e. The molecule has 0 aromatic heterocycles. The molecule has 0 aliphatic heterocycles. The Bertz CT molecular complexity index is 3120. The number of hydrogen-bond donors (Lipinski definition) is 2. The Labute approximate surface area is 379 Å². The van der Waals surface area contributed by atoms with Crippen molar-refractivity contribution in [1.82, 2.24) is 0 Å². The third kappa shape index (κ3) is 6.78. The van der Waals surface area contributed by atoms with Crippen LogP contribution in [-0.2, 0) is 5.41 Å². The van der Waals surface area contributed by atoms with Gasteiger partial charge in [-0.3, -0.25) is 0 Å². The van der Waals surface area contributed by atoms with Gasteiger partial charge in [-0.2, -0.15) is 0 Å². The molecular formula is C61H46O4. The molecule has 11 rings (SSSR count). The first kappa shape index (κ1) is 40.0. The summed E-state index contributed by atoms with van der Waals surface area (Å²) in [6.07, 6.45) is 0. The Hall–Kier alpha value is -7.76. The second-order valence-electron chi connectivity index (χ2n) is 16.6. The van der Waals surface area contributed by atoms with Gasteiger partial charge in [-0.15, -0.1) is 0 Å². The van der Waals surface area contributed by atoms with Crippen LogP contribution in [0.2, 0.25) is 0 Å². The summed E-state index contributed by atoms with van der Waals surface area (Å²) >= 11 is 0. The highest BCUT2D eigenvalue weighted by Gasteiger charge is 2.48. The maximum atomic E-state index is 9.94. The van der Waals surface area contributed by atoms with E-state index < -0.39 is 5.41 Å². The van der Waals surface area contributed by atoms with Crippen molar-refractivity contribution in [2.45, 2.75) is 5.41 Å². The number of hydrogen-bond acceptors (Lipinski definition) is 4. The first-order valence-corrected chi connectivity index (χ1v) is 22.3. The molecule has 0 bridgehead atoms. The average molecular weight is 843 g/mol. The van der Waals surface area contributed by atoms with Crippen LogP contribution in [0.4, 0.5) is 0 Å². The van der Waals surface area contributed by atoms with Gasteiger partial charge in [-0.05, 0) is 113 Å². The van der Waals surface area contributed by atoms with E-state index in [9.17, 15) is 10.2 Å². The zero-order valence-corrected chi connectivity index (χ0v) is 35.8. The highest BCUT2D eigenvalue weighted by Crippen LogP contribution is 2.62. The topological polar surface area (TPSA) is 58.9 Å². The molecule has 4 nitrogen and oxygen atoms in total. The van der Waals surface area contributed by atoms with E-state index >= 15 is 0 Å². The number of rotatable bonds is 12. The van der Waals surface area contributed by atoms with Crippen molar-refractivity contribution < 1.29 is 19.7 Å². The lowest BCUT2D eigenvalue weighted by Crippen LogP contribution is -2.29. The molecule has 65 heavy (non-hydrogen) atoms. The SMILES string of the molecule is OCCOc1ccc(C2(c3ccc(OCCO)c(-c4ccccc4)c3)c3cccc(-c4cccc5ccccc45)c3-c3c(-c4cccc5ccccc45)cccc32)cc1-c1ccccc1. The maximum Gasteiger partial charge on any atom is 0.127 e. The van der Waals surface area contributed by atoms with Crippen LogP contribution >= 0.6 is 0 Å². The van der Waals surface area contributed by atoms with Crippen molar-refractivity contribution in [3.8, 4) is 67.1 Å². The number of aliphatic hydroxyl groups is 2. The lowest BCUT2D eigenvalue weighted by atomic mass is 9.66. The molecular weight excluding hydrogens is 797 g/mol. The molecule has 0 atom stereocenters. The molecule has 314 valence electrons. The van der Waals surface area contributed by atoms with E-state index in [1.54, 1.807) is 0 Å². The number of aliphatic hydroxyl groups excluding tert-OH is 2. The van der Waals surface area contributed by atoms with Gasteiger partial charge in [0.15, 0.2) is 0 Å². The van der Waals surface area contributed by atoms with Gasteiger partial charge in [-0.1, -0.05) is 194 Å². The van der Waals surface area contributed by atoms with E-state index in [-0.39, 0.29) is 26.4 Å². The predicted molar refractivity (Wildman–Crippen MR) is 266 cm³/mol. The molecule has 0 saturated heterocycles. The molecule has 0 fully saturated rings. The van der Waals surface area contributed by atoms with E-state index in [0.29, 0.717) is 11.5 Å². The third-order valence-electron chi connectivity index (χ3n) is 13.0. The van der Waals surface area contributed by atoms with E-state index in [2.05, 4.69) is 206 Å². The van der Waals surface area contributed by atoms with Gasteiger partial charge in [0.2, 0.25) is 0 Å². The molecule has 0 radical (unpaired) electrons. The second-order valence-corrected chi connectivity index (χ2v) is 16.6. The fourth-order valence-corrected chi connectivity index (χ4v) is 10.3. The van der Waals surface area contributed by atoms with E-state index in [1.807, 2.05) is 12.1 Å². The molecule has 0 heterocycles. The zero-order chi connectivity index (χ0) is 43.7. The summed E-state index contributed by atoms with van der Waals surface area (Å²) < 4.78 is 12.6. The monoisotopic (exact) mass is 842 g/mol. The normalized spacial score (nSPS) is 12.5. The van der Waals surface area contributed by atoms with Crippen LogP contribution in [0.5, 0.6) is 11.5 Å². The van der Waals surface area contributed by atoms with Gasteiger partial charge in [-0.25, -0.2) is 0 Å². The Morgan fingerprint density at radius 1 is 0.338 bits per heavy atom. The molecule has 0 spiro atoms. The molecule has 1 aliphatic rings. The van der Waals surface area contributed by atoms with Crippen LogP contribution in [0.1, 0.15) is 22.3 Å². The Morgan fingerprint density at radius 3 is 1.17 bits per heavy atom. The van der Waals surface area contributed by atoms with Crippen LogP contribution in [0.3, 0.4) is 0 Å². The first-order valence-electron chi connectivity index (χ1n) is 22.3. The number of benzene rings is 10. The van der Waals surface area contributed by atoms with E-state index in [0.717, 1.165) is 55.6 Å². The smallest absolute Gasteiger partial charge is 0.127 e. The molecule has 10 aromatic carbocycles. The molecule has 1 aliphatic carbocycles. The number of ether oxygens (including phenoxy) is 2. The standard InChI is InChI=1S/C61H46O4/c62-35-37-64-57-33-31-45(39-53(57)43-15-3-1-4-16-43)61(46-32-34-58(65-38-36-63)54(40-46)44-17-5-2-6-18-44)55-29-13-27-51(49-25-11-21-41-19-7-9-23-47(41)49)59(55)60-52(28-14-30-56(60)61)50-26-12-22-42-20-8-10-24-48(42)50/h1-34,39-40,62-63H,35-38H2. The Balaban J connectivity index is 1.31. The summed E-state index contributed by atoms with van der Waals surface area (Å²) in [6, 6.07) is 78.2. The van der Waals surface area contributed by atoms with Gasteiger partial charge in [0, 0.05) is 11.1 Å². The van der Waals surface area contributed by atoms with Crippen molar-refractivity contribution in [3.63, 3.8) is 0 Å². The van der Waals surface area contributed by atoms with Gasteiger partial charge < -0.3 is 19.7 Å². The van der Waals surface area contributed by atoms with E-state index in [1.165, 1.54) is 43.8 Å². The van der Waals surface area contributed by atoms with Gasteiger partial charge in [0.05, 0.1) is 18.6 Å². The highest BCUT2D eigenvalue weighted by molar-refractivity contribution is 6.09.